The van der Waals surface area contributed by atoms with Crippen molar-refractivity contribution in [2.24, 2.45) is 0 Å². The van der Waals surface area contributed by atoms with Gasteiger partial charge in [-0.2, -0.15) is 13.2 Å². The topological polar surface area (TPSA) is 93.1 Å². The van der Waals surface area contributed by atoms with Gasteiger partial charge in [0, 0.05) is 36.1 Å². The molecule has 1 saturated heterocycles. The minimum atomic E-state index is -4.64. The minimum absolute atomic E-state index is 0.163. The fraction of sp³-hybridized carbons (Fsp3) is 0.286. The molecule has 8 nitrogen and oxygen atoms in total. The van der Waals surface area contributed by atoms with Crippen LogP contribution < -0.4 is 10.2 Å². The van der Waals surface area contributed by atoms with E-state index >= 15 is 0 Å². The van der Waals surface area contributed by atoms with E-state index in [0.717, 1.165) is 6.20 Å². The molecule has 0 radical (unpaired) electrons. The van der Waals surface area contributed by atoms with Gasteiger partial charge in [-0.25, -0.2) is 4.98 Å². The number of alkyl halides is 3. The molecule has 0 aliphatic carbocycles. The second-order valence-corrected chi connectivity index (χ2v) is 7.10. The second kappa shape index (κ2) is 8.87. The van der Waals surface area contributed by atoms with Crippen LogP contribution in [0.25, 0.3) is 11.3 Å². The van der Waals surface area contributed by atoms with Gasteiger partial charge in [0.1, 0.15) is 11.5 Å². The maximum atomic E-state index is 12.9. The Morgan fingerprint density at radius 1 is 1.12 bits per heavy atom. The monoisotopic (exact) mass is 444 g/mol. The van der Waals surface area contributed by atoms with Crippen LogP contribution in [0.3, 0.4) is 0 Å². The van der Waals surface area contributed by atoms with Crippen molar-refractivity contribution in [1.82, 2.24) is 19.9 Å². The number of nitrogens with one attached hydrogen (secondary N) is 1. The molecule has 4 rings (SSSR count). The highest BCUT2D eigenvalue weighted by Gasteiger charge is 2.33. The number of anilines is 2. The van der Waals surface area contributed by atoms with Crippen LogP contribution in [0.2, 0.25) is 0 Å². The van der Waals surface area contributed by atoms with Crippen LogP contribution in [0.4, 0.5) is 24.7 Å². The van der Waals surface area contributed by atoms with Crippen molar-refractivity contribution in [2.75, 3.05) is 36.5 Å². The average Bonchev–Trinajstić information content (AvgIpc) is 2.80. The first-order valence-electron chi connectivity index (χ1n) is 9.77. The van der Waals surface area contributed by atoms with Crippen LogP contribution in [0.1, 0.15) is 21.7 Å². The summed E-state index contributed by atoms with van der Waals surface area (Å²) in [5.41, 5.74) is 0.903. The minimum Gasteiger partial charge on any atom is -0.378 e. The average molecular weight is 444 g/mol. The van der Waals surface area contributed by atoms with Crippen molar-refractivity contribution in [3.63, 3.8) is 0 Å². The predicted molar refractivity (Wildman–Crippen MR) is 110 cm³/mol. The fourth-order valence-corrected chi connectivity index (χ4v) is 3.22. The molecule has 32 heavy (non-hydrogen) atoms. The van der Waals surface area contributed by atoms with E-state index in [1.165, 1.54) is 12.3 Å². The van der Waals surface area contributed by atoms with E-state index in [0.29, 0.717) is 60.8 Å². The van der Waals surface area contributed by atoms with Crippen LogP contribution in [0.15, 0.2) is 43.0 Å². The highest BCUT2D eigenvalue weighted by atomic mass is 19.4. The molecule has 1 aliphatic heterocycles. The third kappa shape index (κ3) is 4.83. The molecule has 0 bridgehead atoms. The summed E-state index contributed by atoms with van der Waals surface area (Å²) in [4.78, 5) is 31.1. The summed E-state index contributed by atoms with van der Waals surface area (Å²) in [5.74, 6) is -0.00115. The maximum absolute atomic E-state index is 12.9. The first-order valence-corrected chi connectivity index (χ1v) is 9.77. The Labute approximate surface area is 181 Å². The summed E-state index contributed by atoms with van der Waals surface area (Å²) >= 11 is 0. The van der Waals surface area contributed by atoms with Gasteiger partial charge >= 0.3 is 6.18 Å². The Hall–Kier alpha value is -3.60. The Bertz CT molecular complexity index is 1130. The standard InChI is InChI=1S/C21H19F3N6O2/c1-13-16(17-11-25-12-19(29-17)30-4-6-32-7-5-30)9-15(10-27-13)28-20(31)14-2-3-26-18(8-14)21(22,23)24/h2-3,8-12H,4-7H2,1H3,(H,28,31). The molecule has 3 aromatic rings. The van der Waals surface area contributed by atoms with Gasteiger partial charge in [0.05, 0.1) is 43.2 Å². The number of nitrogens with zero attached hydrogens (tertiary/aromatic N) is 5. The molecule has 0 saturated carbocycles. The third-order valence-electron chi connectivity index (χ3n) is 4.89. The van der Waals surface area contributed by atoms with Gasteiger partial charge in [-0.05, 0) is 25.1 Å². The molecule has 3 aromatic heterocycles. The van der Waals surface area contributed by atoms with Crippen molar-refractivity contribution >= 4 is 17.4 Å². The smallest absolute Gasteiger partial charge is 0.378 e. The number of morpholine rings is 1. The Kier molecular flexibility index (Phi) is 5.99. The van der Waals surface area contributed by atoms with Crippen molar-refractivity contribution in [3.8, 4) is 11.3 Å². The molecule has 166 valence electrons. The zero-order valence-electron chi connectivity index (χ0n) is 17.1. The van der Waals surface area contributed by atoms with Crippen LogP contribution in [0.5, 0.6) is 0 Å². The summed E-state index contributed by atoms with van der Waals surface area (Å²) in [7, 11) is 0. The quantitative estimate of drug-likeness (QED) is 0.660. The van der Waals surface area contributed by atoms with Crippen LogP contribution in [-0.4, -0.2) is 52.1 Å². The summed E-state index contributed by atoms with van der Waals surface area (Å²) < 4.78 is 44.0. The number of hydrogen-bond donors (Lipinski definition) is 1. The van der Waals surface area contributed by atoms with Gasteiger partial charge in [-0.3, -0.25) is 19.7 Å². The molecule has 1 amide bonds. The first-order chi connectivity index (χ1) is 15.3. The summed E-state index contributed by atoms with van der Waals surface area (Å²) in [6, 6.07) is 3.58. The lowest BCUT2D eigenvalue weighted by atomic mass is 10.1. The predicted octanol–water partition coefficient (Wildman–Crippen LogP) is 3.35. The number of aryl methyl sites for hydroxylation is 1. The zero-order valence-corrected chi connectivity index (χ0v) is 17.1. The van der Waals surface area contributed by atoms with Gasteiger partial charge in [0.2, 0.25) is 0 Å². The Morgan fingerprint density at radius 2 is 1.91 bits per heavy atom. The van der Waals surface area contributed by atoms with Gasteiger partial charge in [0.15, 0.2) is 0 Å². The van der Waals surface area contributed by atoms with Crippen LogP contribution in [0, 0.1) is 6.92 Å². The van der Waals surface area contributed by atoms with Crippen molar-refractivity contribution in [3.05, 3.63) is 59.9 Å². The van der Waals surface area contributed by atoms with E-state index in [-0.39, 0.29) is 5.56 Å². The molecule has 4 heterocycles. The molecule has 0 aromatic carbocycles. The zero-order chi connectivity index (χ0) is 22.7. The van der Waals surface area contributed by atoms with Crippen molar-refractivity contribution < 1.29 is 22.7 Å². The number of halogens is 3. The normalized spacial score (nSPS) is 14.3. The largest absolute Gasteiger partial charge is 0.433 e. The number of aromatic nitrogens is 4. The first kappa shape index (κ1) is 21.6. The highest BCUT2D eigenvalue weighted by molar-refractivity contribution is 6.04. The lowest BCUT2D eigenvalue weighted by molar-refractivity contribution is -0.141. The fourth-order valence-electron chi connectivity index (χ4n) is 3.22. The summed E-state index contributed by atoms with van der Waals surface area (Å²) in [6.45, 7) is 4.43. The SMILES string of the molecule is Cc1ncc(NC(=O)c2ccnc(C(F)(F)F)c2)cc1-c1cncc(N2CCOCC2)n1. The summed E-state index contributed by atoms with van der Waals surface area (Å²) in [5, 5.41) is 2.58. The van der Waals surface area contributed by atoms with E-state index in [9.17, 15) is 18.0 Å². The second-order valence-electron chi connectivity index (χ2n) is 7.10. The number of ether oxygens (including phenoxy) is 1. The van der Waals surface area contributed by atoms with E-state index in [1.54, 1.807) is 25.4 Å². The van der Waals surface area contributed by atoms with Crippen LogP contribution >= 0.6 is 0 Å². The molecule has 0 unspecified atom stereocenters. The van der Waals surface area contributed by atoms with Crippen molar-refractivity contribution in [1.29, 1.82) is 0 Å². The van der Waals surface area contributed by atoms with Gasteiger partial charge in [0.25, 0.3) is 5.91 Å². The third-order valence-corrected chi connectivity index (χ3v) is 4.89. The van der Waals surface area contributed by atoms with E-state index < -0.39 is 17.8 Å². The lowest BCUT2D eigenvalue weighted by Gasteiger charge is -2.27. The molecular formula is C21H19F3N6O2. The molecule has 1 aliphatic rings. The van der Waals surface area contributed by atoms with E-state index in [4.69, 9.17) is 4.74 Å². The number of pyridine rings is 2. The number of hydrogen-bond acceptors (Lipinski definition) is 7. The molecule has 1 N–H and O–H groups in total. The number of carbonyl (C=O) groups excluding carboxylic acids is 1. The molecular weight excluding hydrogens is 425 g/mol. The number of carbonyl (C=O) groups is 1. The molecule has 1 fully saturated rings. The van der Waals surface area contributed by atoms with E-state index in [1.807, 2.05) is 0 Å². The molecule has 0 atom stereocenters. The number of amides is 1. The molecule has 0 spiro atoms. The van der Waals surface area contributed by atoms with E-state index in [2.05, 4.69) is 30.2 Å². The van der Waals surface area contributed by atoms with Gasteiger partial charge in [-0.15, -0.1) is 0 Å². The summed E-state index contributed by atoms with van der Waals surface area (Å²) in [6.07, 6.45) is 1.01. The van der Waals surface area contributed by atoms with Gasteiger partial charge < -0.3 is 15.0 Å². The van der Waals surface area contributed by atoms with Gasteiger partial charge in [-0.1, -0.05) is 0 Å². The Morgan fingerprint density at radius 3 is 2.66 bits per heavy atom. The number of rotatable bonds is 4. The highest BCUT2D eigenvalue weighted by Crippen LogP contribution is 2.28. The maximum Gasteiger partial charge on any atom is 0.433 e. The molecule has 11 heteroatoms. The van der Waals surface area contributed by atoms with Crippen LogP contribution in [-0.2, 0) is 10.9 Å². The van der Waals surface area contributed by atoms with Crippen molar-refractivity contribution in [2.45, 2.75) is 13.1 Å². The Balaban J connectivity index is 1.58. The lowest BCUT2D eigenvalue weighted by Crippen LogP contribution is -2.36.